The molecule has 0 bridgehead atoms. The van der Waals surface area contributed by atoms with Crippen molar-refractivity contribution in [2.24, 2.45) is 5.92 Å². The molecule has 0 aliphatic heterocycles. The molecule has 0 fully saturated rings. The third-order valence-corrected chi connectivity index (χ3v) is 0.995. The highest BCUT2D eigenvalue weighted by molar-refractivity contribution is 5.03. The molecule has 9 heavy (non-hydrogen) atoms. The van der Waals surface area contributed by atoms with Crippen molar-refractivity contribution in [3.63, 3.8) is 0 Å². The van der Waals surface area contributed by atoms with E-state index in [9.17, 15) is 0 Å². The first-order valence-corrected chi connectivity index (χ1v) is 3.23. The topological polar surface area (TPSA) is 0 Å². The second-order valence-electron chi connectivity index (χ2n) is 1.98. The first-order valence-electron chi connectivity index (χ1n) is 3.23. The Labute approximate surface area is 57.7 Å². The average molecular weight is 120 g/mol. The van der Waals surface area contributed by atoms with Crippen LogP contribution in [0.4, 0.5) is 0 Å². The van der Waals surface area contributed by atoms with Crippen LogP contribution in [0.2, 0.25) is 0 Å². The van der Waals surface area contributed by atoms with Crippen LogP contribution in [0, 0.1) is 30.1 Å². The monoisotopic (exact) mass is 120 g/mol. The van der Waals surface area contributed by atoms with Gasteiger partial charge in [-0.25, -0.2) is 0 Å². The predicted octanol–water partition coefficient (Wildman–Crippen LogP) is 2.06. The minimum Gasteiger partial charge on any atom is -0.120 e. The minimum atomic E-state index is 0.309. The van der Waals surface area contributed by atoms with Crippen molar-refractivity contribution in [3.05, 3.63) is 0 Å². The maximum atomic E-state index is 5.14. The predicted molar refractivity (Wildman–Crippen MR) is 40.7 cm³/mol. The molecule has 0 heterocycles. The minimum absolute atomic E-state index is 0.309. The van der Waals surface area contributed by atoms with Crippen molar-refractivity contribution in [2.45, 2.75) is 26.7 Å². The van der Waals surface area contributed by atoms with Gasteiger partial charge in [-0.15, -0.1) is 24.2 Å². The molecule has 0 saturated heterocycles. The summed E-state index contributed by atoms with van der Waals surface area (Å²) in [7, 11) is 0. The summed E-state index contributed by atoms with van der Waals surface area (Å²) in [4.78, 5) is 0. The Hall–Kier alpha value is -0.880. The van der Waals surface area contributed by atoms with E-state index in [1.807, 2.05) is 13.8 Å². The van der Waals surface area contributed by atoms with Crippen molar-refractivity contribution in [1.82, 2.24) is 0 Å². The standard InChI is InChI=1S/C9H12/c1-4-6-7-8-9(3)5-2/h2,9H,4,8H2,1,3H3. The van der Waals surface area contributed by atoms with Crippen LogP contribution in [-0.4, -0.2) is 0 Å². The van der Waals surface area contributed by atoms with Gasteiger partial charge in [0.15, 0.2) is 0 Å². The third kappa shape index (κ3) is 4.98. The summed E-state index contributed by atoms with van der Waals surface area (Å²) in [5.41, 5.74) is 0. The van der Waals surface area contributed by atoms with Crippen LogP contribution < -0.4 is 0 Å². The lowest BCUT2D eigenvalue weighted by molar-refractivity contribution is 0.789. The van der Waals surface area contributed by atoms with Crippen LogP contribution in [0.3, 0.4) is 0 Å². The van der Waals surface area contributed by atoms with Gasteiger partial charge in [0, 0.05) is 18.8 Å². The Morgan fingerprint density at radius 1 is 1.44 bits per heavy atom. The van der Waals surface area contributed by atoms with Crippen LogP contribution in [0.25, 0.3) is 0 Å². The summed E-state index contributed by atoms with van der Waals surface area (Å²) >= 11 is 0. The van der Waals surface area contributed by atoms with Crippen LogP contribution in [-0.2, 0) is 0 Å². The second kappa shape index (κ2) is 5.26. The van der Waals surface area contributed by atoms with E-state index >= 15 is 0 Å². The van der Waals surface area contributed by atoms with E-state index in [4.69, 9.17) is 6.42 Å². The van der Waals surface area contributed by atoms with Crippen LogP contribution in [0.5, 0.6) is 0 Å². The molecular formula is C9H12. The molecular weight excluding hydrogens is 108 g/mol. The number of terminal acetylenes is 1. The van der Waals surface area contributed by atoms with Crippen molar-refractivity contribution >= 4 is 0 Å². The summed E-state index contributed by atoms with van der Waals surface area (Å²) in [6, 6.07) is 0. The third-order valence-electron chi connectivity index (χ3n) is 0.995. The van der Waals surface area contributed by atoms with Crippen molar-refractivity contribution in [2.75, 3.05) is 0 Å². The second-order valence-corrected chi connectivity index (χ2v) is 1.98. The fourth-order valence-corrected chi connectivity index (χ4v) is 0.409. The summed E-state index contributed by atoms with van der Waals surface area (Å²) in [6.45, 7) is 4.04. The van der Waals surface area contributed by atoms with E-state index in [1.54, 1.807) is 0 Å². The van der Waals surface area contributed by atoms with Gasteiger partial charge in [-0.2, -0.15) is 0 Å². The van der Waals surface area contributed by atoms with Crippen molar-refractivity contribution in [1.29, 1.82) is 0 Å². The molecule has 0 aromatic carbocycles. The zero-order chi connectivity index (χ0) is 7.11. The van der Waals surface area contributed by atoms with Gasteiger partial charge in [-0.1, -0.05) is 13.8 Å². The van der Waals surface area contributed by atoms with Gasteiger partial charge in [-0.3, -0.25) is 0 Å². The lowest BCUT2D eigenvalue weighted by Gasteiger charge is -1.91. The first kappa shape index (κ1) is 8.12. The quantitative estimate of drug-likeness (QED) is 0.465. The molecule has 0 radical (unpaired) electrons. The molecule has 0 nitrogen and oxygen atoms in total. The smallest absolute Gasteiger partial charge is 0.0281 e. The van der Waals surface area contributed by atoms with E-state index in [0.717, 1.165) is 12.8 Å². The average Bonchev–Trinajstić information content (AvgIpc) is 1.89. The summed E-state index contributed by atoms with van der Waals surface area (Å²) in [6.07, 6.45) is 6.90. The number of hydrogen-bond donors (Lipinski definition) is 0. The Morgan fingerprint density at radius 2 is 2.11 bits per heavy atom. The largest absolute Gasteiger partial charge is 0.120 e. The summed E-state index contributed by atoms with van der Waals surface area (Å²) in [5, 5.41) is 0. The fourth-order valence-electron chi connectivity index (χ4n) is 0.409. The molecule has 0 amide bonds. The zero-order valence-electron chi connectivity index (χ0n) is 6.07. The lowest BCUT2D eigenvalue weighted by atomic mass is 10.1. The fraction of sp³-hybridized carbons (Fsp3) is 0.556. The summed E-state index contributed by atoms with van der Waals surface area (Å²) < 4.78 is 0. The normalized spacial score (nSPS) is 10.8. The molecule has 1 unspecified atom stereocenters. The van der Waals surface area contributed by atoms with Gasteiger partial charge in [-0.05, 0) is 0 Å². The highest BCUT2D eigenvalue weighted by atomic mass is 13.9. The molecule has 0 spiro atoms. The van der Waals surface area contributed by atoms with Crippen LogP contribution in [0.15, 0.2) is 0 Å². The molecule has 0 heteroatoms. The Morgan fingerprint density at radius 3 is 2.56 bits per heavy atom. The molecule has 0 rings (SSSR count). The van der Waals surface area contributed by atoms with Crippen LogP contribution in [0.1, 0.15) is 26.7 Å². The van der Waals surface area contributed by atoms with Gasteiger partial charge < -0.3 is 0 Å². The van der Waals surface area contributed by atoms with Gasteiger partial charge in [0.2, 0.25) is 0 Å². The number of hydrogen-bond acceptors (Lipinski definition) is 0. The highest BCUT2D eigenvalue weighted by Gasteiger charge is 1.88. The molecule has 0 saturated carbocycles. The maximum Gasteiger partial charge on any atom is 0.0281 e. The molecule has 0 aliphatic rings. The highest BCUT2D eigenvalue weighted by Crippen LogP contribution is 1.95. The van der Waals surface area contributed by atoms with Crippen LogP contribution >= 0.6 is 0 Å². The van der Waals surface area contributed by atoms with E-state index in [1.165, 1.54) is 0 Å². The molecule has 0 N–H and O–H groups in total. The maximum absolute atomic E-state index is 5.14. The van der Waals surface area contributed by atoms with E-state index in [0.29, 0.717) is 5.92 Å². The molecule has 0 aromatic rings. The Bertz CT molecular complexity index is 149. The first-order chi connectivity index (χ1) is 4.31. The van der Waals surface area contributed by atoms with Gasteiger partial charge >= 0.3 is 0 Å². The Kier molecular flexibility index (Phi) is 4.75. The van der Waals surface area contributed by atoms with Crippen molar-refractivity contribution in [3.8, 4) is 24.2 Å². The lowest BCUT2D eigenvalue weighted by Crippen LogP contribution is -1.84. The molecule has 48 valence electrons. The van der Waals surface area contributed by atoms with Crippen molar-refractivity contribution < 1.29 is 0 Å². The Balaban J connectivity index is 3.40. The van der Waals surface area contributed by atoms with E-state index in [2.05, 4.69) is 17.8 Å². The zero-order valence-corrected chi connectivity index (χ0v) is 6.07. The van der Waals surface area contributed by atoms with E-state index in [-0.39, 0.29) is 0 Å². The summed E-state index contributed by atoms with van der Waals surface area (Å²) in [5.74, 6) is 8.89. The molecule has 0 aliphatic carbocycles. The molecule has 0 aromatic heterocycles. The van der Waals surface area contributed by atoms with Gasteiger partial charge in [0.05, 0.1) is 0 Å². The molecule has 1 atom stereocenters. The SMILES string of the molecule is C#CC(C)CC#CCC. The van der Waals surface area contributed by atoms with Gasteiger partial charge in [0.25, 0.3) is 0 Å². The van der Waals surface area contributed by atoms with Gasteiger partial charge in [0.1, 0.15) is 0 Å². The number of rotatable bonds is 1. The van der Waals surface area contributed by atoms with E-state index < -0.39 is 0 Å².